The van der Waals surface area contributed by atoms with E-state index in [1.807, 2.05) is 30.8 Å². The van der Waals surface area contributed by atoms with E-state index in [9.17, 15) is 0 Å². The molecule has 4 N–H and O–H groups in total. The minimum Gasteiger partial charge on any atom is -0.351 e. The van der Waals surface area contributed by atoms with E-state index < -0.39 is 0 Å². The maximum Gasteiger partial charge on any atom is 0.205 e. The molecule has 1 aromatic heterocycles. The highest BCUT2D eigenvalue weighted by Gasteiger charge is 2.04. The second kappa shape index (κ2) is 6.02. The number of nitrogens with one attached hydrogen (secondary N) is 2. The summed E-state index contributed by atoms with van der Waals surface area (Å²) >= 11 is 0. The van der Waals surface area contributed by atoms with Crippen molar-refractivity contribution in [3.05, 3.63) is 18.5 Å². The molecule has 1 unspecified atom stereocenters. The molecule has 0 aliphatic carbocycles. The first kappa shape index (κ1) is 11.5. The number of guanidine groups is 1. The van der Waals surface area contributed by atoms with E-state index in [4.69, 9.17) is 5.84 Å². The number of rotatable bonds is 4. The number of hydrogen-bond acceptors (Lipinski definition) is 3. The highest BCUT2D eigenvalue weighted by atomic mass is 15.3. The molecule has 0 bridgehead atoms. The summed E-state index contributed by atoms with van der Waals surface area (Å²) in [5, 5.41) is 7.28. The summed E-state index contributed by atoms with van der Waals surface area (Å²) in [5.41, 5.74) is 2.52. The Morgan fingerprint density at radius 3 is 3.00 bits per heavy atom. The predicted molar refractivity (Wildman–Crippen MR) is 60.1 cm³/mol. The number of aliphatic imine (C=N–C) groups is 1. The molecule has 0 saturated heterocycles. The van der Waals surface area contributed by atoms with Gasteiger partial charge in [-0.1, -0.05) is 0 Å². The Hall–Kier alpha value is -1.56. The van der Waals surface area contributed by atoms with Crippen LogP contribution < -0.4 is 16.6 Å². The molecule has 15 heavy (non-hydrogen) atoms. The number of hydrogen-bond donors (Lipinski definition) is 3. The number of nitrogens with zero attached hydrogens (tertiary/aromatic N) is 3. The summed E-state index contributed by atoms with van der Waals surface area (Å²) < 4.78 is 1.86. The first-order valence-corrected chi connectivity index (χ1v) is 5.01. The van der Waals surface area contributed by atoms with E-state index in [0.717, 1.165) is 6.54 Å². The van der Waals surface area contributed by atoms with E-state index in [0.29, 0.717) is 12.5 Å². The smallest absolute Gasteiger partial charge is 0.205 e. The molecule has 0 radical (unpaired) electrons. The number of aromatic nitrogens is 2. The van der Waals surface area contributed by atoms with Crippen LogP contribution in [0.5, 0.6) is 0 Å². The lowest BCUT2D eigenvalue weighted by molar-refractivity contribution is 0.500. The van der Waals surface area contributed by atoms with Gasteiger partial charge in [0.15, 0.2) is 0 Å². The van der Waals surface area contributed by atoms with Crippen LogP contribution in [0, 0.1) is 0 Å². The zero-order chi connectivity index (χ0) is 11.1. The van der Waals surface area contributed by atoms with Crippen molar-refractivity contribution >= 4 is 5.96 Å². The fourth-order valence-electron chi connectivity index (χ4n) is 1.26. The fraction of sp³-hybridized carbons (Fsp3) is 0.556. The van der Waals surface area contributed by atoms with Crippen LogP contribution in [0.4, 0.5) is 0 Å². The summed E-state index contributed by atoms with van der Waals surface area (Å²) in [6.45, 7) is 5.47. The third kappa shape index (κ3) is 3.99. The summed E-state index contributed by atoms with van der Waals surface area (Å²) in [4.78, 5) is 4.15. The molecule has 1 rings (SSSR count). The maximum absolute atomic E-state index is 5.31. The largest absolute Gasteiger partial charge is 0.351 e. The van der Waals surface area contributed by atoms with Crippen LogP contribution >= 0.6 is 0 Å². The lowest BCUT2D eigenvalue weighted by atomic mass is 10.3. The van der Waals surface area contributed by atoms with Crippen molar-refractivity contribution in [1.82, 2.24) is 20.5 Å². The van der Waals surface area contributed by atoms with Crippen LogP contribution in [0.1, 0.15) is 13.8 Å². The maximum atomic E-state index is 5.31. The molecule has 1 aromatic rings. The molecule has 1 atom stereocenters. The second-order valence-electron chi connectivity index (χ2n) is 3.24. The molecular weight excluding hydrogens is 192 g/mol. The summed E-state index contributed by atoms with van der Waals surface area (Å²) in [7, 11) is 0. The average Bonchev–Trinajstić information content (AvgIpc) is 2.69. The summed E-state index contributed by atoms with van der Waals surface area (Å²) in [5.74, 6) is 5.92. The van der Waals surface area contributed by atoms with Gasteiger partial charge < -0.3 is 5.32 Å². The van der Waals surface area contributed by atoms with Crippen LogP contribution in [-0.2, 0) is 6.54 Å². The number of nitrogens with two attached hydrogens (primary N) is 1. The highest BCUT2D eigenvalue weighted by molar-refractivity contribution is 5.79. The van der Waals surface area contributed by atoms with Gasteiger partial charge in [0, 0.05) is 25.0 Å². The Morgan fingerprint density at radius 2 is 2.47 bits per heavy atom. The molecule has 0 aliphatic heterocycles. The van der Waals surface area contributed by atoms with E-state index in [2.05, 4.69) is 20.8 Å². The zero-order valence-electron chi connectivity index (χ0n) is 9.14. The lowest BCUT2D eigenvalue weighted by Crippen LogP contribution is -2.46. The molecule has 0 aromatic carbocycles. The van der Waals surface area contributed by atoms with Crippen LogP contribution in [-0.4, -0.2) is 28.3 Å². The fourth-order valence-corrected chi connectivity index (χ4v) is 1.26. The molecule has 0 spiro atoms. The summed E-state index contributed by atoms with van der Waals surface area (Å²) in [6.07, 6.45) is 3.68. The van der Waals surface area contributed by atoms with Gasteiger partial charge in [-0.05, 0) is 19.9 Å². The quantitative estimate of drug-likeness (QED) is 0.276. The van der Waals surface area contributed by atoms with E-state index >= 15 is 0 Å². The topological polar surface area (TPSA) is 80.3 Å². The van der Waals surface area contributed by atoms with Crippen molar-refractivity contribution < 1.29 is 0 Å². The Labute approximate surface area is 89.5 Å². The van der Waals surface area contributed by atoms with E-state index in [1.54, 1.807) is 6.20 Å². The van der Waals surface area contributed by atoms with Crippen molar-refractivity contribution in [2.45, 2.75) is 26.4 Å². The molecular formula is C9H18N6. The van der Waals surface area contributed by atoms with Gasteiger partial charge in [0.05, 0.1) is 6.54 Å². The molecule has 0 saturated carbocycles. The molecule has 84 valence electrons. The SMILES string of the molecule is CCN=C(NN)NC(C)Cn1cccn1. The first-order valence-electron chi connectivity index (χ1n) is 5.01. The normalized spacial score (nSPS) is 13.7. The van der Waals surface area contributed by atoms with Crippen molar-refractivity contribution in [1.29, 1.82) is 0 Å². The monoisotopic (exact) mass is 210 g/mol. The minimum atomic E-state index is 0.214. The predicted octanol–water partition coefficient (Wildman–Crippen LogP) is -0.300. The van der Waals surface area contributed by atoms with Gasteiger partial charge in [-0.3, -0.25) is 15.1 Å². The van der Waals surface area contributed by atoms with Gasteiger partial charge in [0.1, 0.15) is 0 Å². The Balaban J connectivity index is 2.41. The molecule has 0 amide bonds. The Kier molecular flexibility index (Phi) is 4.62. The van der Waals surface area contributed by atoms with Gasteiger partial charge in [-0.2, -0.15) is 5.10 Å². The van der Waals surface area contributed by atoms with Gasteiger partial charge in [0.2, 0.25) is 5.96 Å². The zero-order valence-corrected chi connectivity index (χ0v) is 9.14. The lowest BCUT2D eigenvalue weighted by Gasteiger charge is -2.16. The van der Waals surface area contributed by atoms with E-state index in [1.165, 1.54) is 0 Å². The minimum absolute atomic E-state index is 0.214. The molecule has 6 nitrogen and oxygen atoms in total. The Morgan fingerprint density at radius 1 is 1.67 bits per heavy atom. The van der Waals surface area contributed by atoms with E-state index in [-0.39, 0.29) is 6.04 Å². The van der Waals surface area contributed by atoms with Gasteiger partial charge >= 0.3 is 0 Å². The van der Waals surface area contributed by atoms with Crippen molar-refractivity contribution in [2.24, 2.45) is 10.8 Å². The standard InChI is InChI=1S/C9H18N6/c1-3-11-9(14-10)13-8(2)7-15-6-4-5-12-15/h4-6,8H,3,7,10H2,1-2H3,(H2,11,13,14). The van der Waals surface area contributed by atoms with Gasteiger partial charge in [0.25, 0.3) is 0 Å². The third-order valence-corrected chi connectivity index (χ3v) is 1.86. The third-order valence-electron chi connectivity index (χ3n) is 1.86. The second-order valence-corrected chi connectivity index (χ2v) is 3.24. The summed E-state index contributed by atoms with van der Waals surface area (Å²) in [6, 6.07) is 2.11. The van der Waals surface area contributed by atoms with Crippen LogP contribution in [0.15, 0.2) is 23.5 Å². The van der Waals surface area contributed by atoms with Crippen molar-refractivity contribution in [3.63, 3.8) is 0 Å². The highest BCUT2D eigenvalue weighted by Crippen LogP contribution is 1.90. The van der Waals surface area contributed by atoms with Crippen LogP contribution in [0.2, 0.25) is 0 Å². The first-order chi connectivity index (χ1) is 7.26. The molecule has 1 heterocycles. The van der Waals surface area contributed by atoms with Crippen LogP contribution in [0.25, 0.3) is 0 Å². The van der Waals surface area contributed by atoms with Crippen LogP contribution in [0.3, 0.4) is 0 Å². The van der Waals surface area contributed by atoms with Gasteiger partial charge in [-0.15, -0.1) is 0 Å². The van der Waals surface area contributed by atoms with Crippen molar-refractivity contribution in [3.8, 4) is 0 Å². The number of hydrazine groups is 1. The Bertz CT molecular complexity index is 292. The van der Waals surface area contributed by atoms with Crippen molar-refractivity contribution in [2.75, 3.05) is 6.54 Å². The molecule has 0 aliphatic rings. The average molecular weight is 210 g/mol. The molecule has 6 heteroatoms. The van der Waals surface area contributed by atoms with Gasteiger partial charge in [-0.25, -0.2) is 5.84 Å². The molecule has 0 fully saturated rings.